The van der Waals surface area contributed by atoms with Crippen molar-refractivity contribution in [3.63, 3.8) is 0 Å². The van der Waals surface area contributed by atoms with Gasteiger partial charge in [0.25, 0.3) is 5.91 Å². The Morgan fingerprint density at radius 3 is 2.65 bits per heavy atom. The van der Waals surface area contributed by atoms with E-state index < -0.39 is 17.9 Å². The molecule has 0 fully saturated rings. The lowest BCUT2D eigenvalue weighted by Crippen LogP contribution is -2.45. The van der Waals surface area contributed by atoms with Crippen molar-refractivity contribution in [2.45, 2.75) is 38.8 Å². The van der Waals surface area contributed by atoms with E-state index >= 15 is 0 Å². The first-order chi connectivity index (χ1) is 12.4. The van der Waals surface area contributed by atoms with E-state index in [9.17, 15) is 23.9 Å². The summed E-state index contributed by atoms with van der Waals surface area (Å²) in [5.74, 6) is -2.40. The van der Waals surface area contributed by atoms with E-state index in [2.05, 4.69) is 10.4 Å². The van der Waals surface area contributed by atoms with Crippen molar-refractivity contribution in [2.75, 3.05) is 0 Å². The third-order valence-electron chi connectivity index (χ3n) is 3.82. The fourth-order valence-electron chi connectivity index (χ4n) is 2.39. The van der Waals surface area contributed by atoms with Crippen molar-refractivity contribution in [2.24, 2.45) is 5.10 Å². The number of carboxylic acids is 1. The zero-order valence-electron chi connectivity index (χ0n) is 14.3. The van der Waals surface area contributed by atoms with Gasteiger partial charge in [0.1, 0.15) is 17.6 Å². The van der Waals surface area contributed by atoms with Crippen molar-refractivity contribution in [1.82, 2.24) is 10.3 Å². The smallest absolute Gasteiger partial charge is 0.326 e. The van der Waals surface area contributed by atoms with Crippen LogP contribution in [0.2, 0.25) is 0 Å². The average molecular weight is 361 g/mol. The molecule has 2 rings (SSSR count). The van der Waals surface area contributed by atoms with E-state index in [0.29, 0.717) is 5.56 Å². The molecule has 0 spiro atoms. The van der Waals surface area contributed by atoms with E-state index in [-0.39, 0.29) is 43.2 Å². The van der Waals surface area contributed by atoms with E-state index in [1.807, 2.05) is 0 Å². The van der Waals surface area contributed by atoms with Crippen LogP contribution < -0.4 is 5.32 Å². The molecule has 1 aromatic carbocycles. The van der Waals surface area contributed by atoms with Crippen LogP contribution in [0.1, 0.15) is 31.7 Å². The van der Waals surface area contributed by atoms with Gasteiger partial charge in [-0.2, -0.15) is 5.10 Å². The highest BCUT2D eigenvalue weighted by Crippen LogP contribution is 2.14. The largest absolute Gasteiger partial charge is 0.480 e. The zero-order chi connectivity index (χ0) is 19.1. The lowest BCUT2D eigenvalue weighted by Gasteiger charge is -2.24. The minimum atomic E-state index is -1.15. The van der Waals surface area contributed by atoms with E-state index in [0.717, 1.165) is 5.01 Å². The first-order valence-electron chi connectivity index (χ1n) is 8.17. The van der Waals surface area contributed by atoms with E-state index in [4.69, 9.17) is 0 Å². The first kappa shape index (κ1) is 19.3. The predicted octanol–water partition coefficient (Wildman–Crippen LogP) is 1.84. The second-order valence-corrected chi connectivity index (χ2v) is 5.79. The summed E-state index contributed by atoms with van der Waals surface area (Å²) < 4.78 is 13.0. The molecule has 7 nitrogen and oxygen atoms in total. The maximum absolute atomic E-state index is 13.0. The number of aliphatic carboxylic acids is 1. The van der Waals surface area contributed by atoms with Crippen LogP contribution in [-0.4, -0.2) is 39.7 Å². The van der Waals surface area contributed by atoms with Crippen molar-refractivity contribution in [1.29, 1.82) is 0 Å². The topological polar surface area (TPSA) is 99.1 Å². The van der Waals surface area contributed by atoms with Crippen LogP contribution in [0, 0.1) is 5.82 Å². The number of benzene rings is 1. The summed E-state index contributed by atoms with van der Waals surface area (Å²) in [6, 6.07) is 4.55. The monoisotopic (exact) mass is 361 g/mol. The Labute approximate surface area is 150 Å². The second-order valence-electron chi connectivity index (χ2n) is 5.79. The fourth-order valence-corrected chi connectivity index (χ4v) is 2.39. The van der Waals surface area contributed by atoms with Crippen molar-refractivity contribution >= 4 is 23.5 Å². The number of amides is 2. The number of carbonyl (C=O) groups excluding carboxylic acids is 2. The molecule has 1 heterocycles. The molecule has 0 saturated carbocycles. The molecule has 0 aliphatic carbocycles. The Morgan fingerprint density at radius 2 is 2.04 bits per heavy atom. The molecule has 1 aromatic rings. The maximum Gasteiger partial charge on any atom is 0.326 e. The molecule has 1 unspecified atom stereocenters. The lowest BCUT2D eigenvalue weighted by molar-refractivity contribution is -0.141. The molecule has 1 atom stereocenters. The van der Waals surface area contributed by atoms with Gasteiger partial charge in [-0.1, -0.05) is 24.3 Å². The molecule has 26 heavy (non-hydrogen) atoms. The number of rotatable bonds is 7. The molecule has 0 aromatic heterocycles. The number of hydrazone groups is 1. The lowest BCUT2D eigenvalue weighted by atomic mass is 10.1. The number of nitrogens with zero attached hydrogens (tertiary/aromatic N) is 2. The molecule has 2 amide bonds. The number of carbonyl (C=O) groups is 3. The molecule has 0 saturated heterocycles. The van der Waals surface area contributed by atoms with Crippen molar-refractivity contribution < 1.29 is 23.9 Å². The third-order valence-corrected chi connectivity index (χ3v) is 3.82. The van der Waals surface area contributed by atoms with Gasteiger partial charge in [-0.15, -0.1) is 0 Å². The minimum Gasteiger partial charge on any atom is -0.480 e. The van der Waals surface area contributed by atoms with Gasteiger partial charge in [0.15, 0.2) is 0 Å². The van der Waals surface area contributed by atoms with Gasteiger partial charge in [0.2, 0.25) is 5.91 Å². The number of hydrogen-bond acceptors (Lipinski definition) is 4. The maximum atomic E-state index is 13.0. The van der Waals surface area contributed by atoms with Crippen molar-refractivity contribution in [3.8, 4) is 0 Å². The van der Waals surface area contributed by atoms with Gasteiger partial charge >= 0.3 is 5.97 Å². The molecule has 8 heteroatoms. The highest BCUT2D eigenvalue weighted by molar-refractivity contribution is 6.39. The first-order valence-corrected chi connectivity index (χ1v) is 8.17. The van der Waals surface area contributed by atoms with Gasteiger partial charge < -0.3 is 10.4 Å². The van der Waals surface area contributed by atoms with Crippen LogP contribution >= 0.6 is 0 Å². The van der Waals surface area contributed by atoms with Gasteiger partial charge in [0.05, 0.1) is 6.54 Å². The van der Waals surface area contributed by atoms with Gasteiger partial charge in [-0.05, 0) is 31.0 Å². The van der Waals surface area contributed by atoms with Gasteiger partial charge in [-0.25, -0.2) is 14.2 Å². The standard InChI is InChI=1S/C18H20FN3O4/c1-2-3-4-15(18(25)26)20-17(24)14-9-10-16(23)22(21-14)11-12-5-7-13(19)8-6-12/h2-3,5-8,15H,4,9-11H2,1H3,(H,20,24)(H,25,26)/b3-2+. The average Bonchev–Trinajstić information content (AvgIpc) is 2.61. The summed E-state index contributed by atoms with van der Waals surface area (Å²) in [4.78, 5) is 35.5. The summed E-state index contributed by atoms with van der Waals surface area (Å²) in [5.41, 5.74) is 0.764. The van der Waals surface area contributed by atoms with E-state index in [1.165, 1.54) is 24.3 Å². The van der Waals surface area contributed by atoms with Gasteiger partial charge in [-0.3, -0.25) is 9.59 Å². The number of nitrogens with one attached hydrogen (secondary N) is 1. The number of allylic oxidation sites excluding steroid dienone is 1. The Bertz CT molecular complexity index is 743. The van der Waals surface area contributed by atoms with Crippen molar-refractivity contribution in [3.05, 3.63) is 47.8 Å². The number of carboxylic acid groups (broad SMARTS) is 1. The van der Waals surface area contributed by atoms with Crippen LogP contribution in [0.4, 0.5) is 4.39 Å². The fraction of sp³-hybridized carbons (Fsp3) is 0.333. The third kappa shape index (κ3) is 5.23. The Balaban J connectivity index is 2.09. The molecule has 1 aliphatic rings. The zero-order valence-corrected chi connectivity index (χ0v) is 14.3. The number of halogens is 1. The Morgan fingerprint density at radius 1 is 1.35 bits per heavy atom. The molecule has 2 N–H and O–H groups in total. The van der Waals surface area contributed by atoms with Crippen LogP contribution in [0.5, 0.6) is 0 Å². The molecule has 1 aliphatic heterocycles. The van der Waals surface area contributed by atoms with Crippen LogP contribution in [0.25, 0.3) is 0 Å². The Hall–Kier alpha value is -3.03. The van der Waals surface area contributed by atoms with Crippen LogP contribution in [0.3, 0.4) is 0 Å². The SMILES string of the molecule is C/C=C/CC(NC(=O)C1=NN(Cc2ccc(F)cc2)C(=O)CC1)C(=O)O. The second kappa shape index (κ2) is 8.89. The summed E-state index contributed by atoms with van der Waals surface area (Å²) in [7, 11) is 0. The summed E-state index contributed by atoms with van der Waals surface area (Å²) in [5, 5.41) is 16.8. The molecular formula is C18H20FN3O4. The predicted molar refractivity (Wildman–Crippen MR) is 92.6 cm³/mol. The van der Waals surface area contributed by atoms with Gasteiger partial charge in [0, 0.05) is 12.8 Å². The Kier molecular flexibility index (Phi) is 6.60. The molecular weight excluding hydrogens is 341 g/mol. The molecule has 0 bridgehead atoms. The van der Waals surface area contributed by atoms with E-state index in [1.54, 1.807) is 19.1 Å². The van der Waals surface area contributed by atoms with Crippen LogP contribution in [0.15, 0.2) is 41.5 Å². The summed E-state index contributed by atoms with van der Waals surface area (Å²) in [6.45, 7) is 1.86. The summed E-state index contributed by atoms with van der Waals surface area (Å²) in [6.07, 6.45) is 3.74. The normalized spacial score (nSPS) is 15.7. The molecule has 138 valence electrons. The highest BCUT2D eigenvalue weighted by atomic mass is 19.1. The molecule has 0 radical (unpaired) electrons. The highest BCUT2D eigenvalue weighted by Gasteiger charge is 2.27. The quantitative estimate of drug-likeness (QED) is 0.724. The minimum absolute atomic E-state index is 0.0958. The van der Waals surface area contributed by atoms with Crippen LogP contribution in [-0.2, 0) is 20.9 Å². The summed E-state index contributed by atoms with van der Waals surface area (Å²) >= 11 is 0. The number of hydrogen-bond donors (Lipinski definition) is 2.